The summed E-state index contributed by atoms with van der Waals surface area (Å²) in [5.41, 5.74) is 0.222. The van der Waals surface area contributed by atoms with E-state index in [9.17, 15) is 38.0 Å². The van der Waals surface area contributed by atoms with Gasteiger partial charge in [0.15, 0.2) is 5.25 Å². The zero-order valence-corrected chi connectivity index (χ0v) is 17.4. The predicted octanol–water partition coefficient (Wildman–Crippen LogP) is 0.105. The van der Waals surface area contributed by atoms with E-state index in [1.54, 1.807) is 0 Å². The van der Waals surface area contributed by atoms with Crippen LogP contribution in [0.25, 0.3) is 0 Å². The van der Waals surface area contributed by atoms with Gasteiger partial charge in [-0.15, -0.1) is 5.06 Å². The minimum atomic E-state index is -4.85. The molecule has 34 heavy (non-hydrogen) atoms. The number of amides is 2. The average Bonchev–Trinajstić information content (AvgIpc) is 3.06. The first-order valence-corrected chi connectivity index (χ1v) is 10.7. The number of nitro benzene ring substituents is 1. The number of hydroxylamine groups is 2. The maximum atomic E-state index is 12.3. The van der Waals surface area contributed by atoms with Crippen LogP contribution in [0.15, 0.2) is 42.5 Å². The molecule has 1 unspecified atom stereocenters. The number of nitrogens with zero attached hydrogens (tertiary/aromatic N) is 2. The number of aliphatic hydroxyl groups is 1. The van der Waals surface area contributed by atoms with E-state index in [0.717, 1.165) is 0 Å². The second-order valence-electron chi connectivity index (χ2n) is 6.81. The fourth-order valence-electron chi connectivity index (χ4n) is 2.96. The topological polar surface area (TPSA) is 191 Å². The minimum absolute atomic E-state index is 0. The summed E-state index contributed by atoms with van der Waals surface area (Å²) in [6, 6.07) is 9.47. The van der Waals surface area contributed by atoms with E-state index in [1.807, 2.05) is 0 Å². The van der Waals surface area contributed by atoms with Gasteiger partial charge in [-0.25, -0.2) is 4.79 Å². The summed E-state index contributed by atoms with van der Waals surface area (Å²) in [5.74, 6) is -3.48. The predicted molar refractivity (Wildman–Crippen MR) is 114 cm³/mol. The van der Waals surface area contributed by atoms with Gasteiger partial charge in [-0.05, 0) is 35.9 Å². The summed E-state index contributed by atoms with van der Waals surface area (Å²) in [5, 5.41) is 18.2. The Balaban J connectivity index is 0.00000408. The van der Waals surface area contributed by atoms with Crippen molar-refractivity contribution < 1.29 is 47.0 Å². The van der Waals surface area contributed by atoms with Crippen molar-refractivity contribution >= 4 is 63.1 Å². The molecule has 15 heteroatoms. The van der Waals surface area contributed by atoms with E-state index in [1.165, 1.54) is 42.5 Å². The van der Waals surface area contributed by atoms with Crippen molar-refractivity contribution in [2.75, 3.05) is 0 Å². The Morgan fingerprint density at radius 1 is 1.21 bits per heavy atom. The van der Waals surface area contributed by atoms with E-state index >= 15 is 0 Å². The molecule has 1 aliphatic rings. The molecule has 2 amide bonds. The van der Waals surface area contributed by atoms with Gasteiger partial charge in [-0.1, -0.05) is 6.07 Å². The number of hydrogen-bond acceptors (Lipinski definition) is 10. The fraction of sp³-hybridized carbons (Fsp3) is 0.211. The van der Waals surface area contributed by atoms with E-state index in [4.69, 9.17) is 14.1 Å². The number of carbonyl (C=O) groups is 3. The zero-order chi connectivity index (χ0) is 24.3. The molecule has 2 aromatic carbocycles. The summed E-state index contributed by atoms with van der Waals surface area (Å²) in [6.07, 6.45) is -0.862. The molecule has 2 N–H and O–H groups in total. The number of ether oxygens (including phenoxy) is 1. The Kier molecular flexibility index (Phi) is 8.88. The monoisotopic (exact) mass is 504 g/mol. The van der Waals surface area contributed by atoms with Crippen LogP contribution in [0.2, 0.25) is 0 Å². The van der Waals surface area contributed by atoms with Gasteiger partial charge in [0, 0.05) is 6.07 Å². The molecule has 1 fully saturated rings. The summed E-state index contributed by atoms with van der Waals surface area (Å²) in [6.45, 7) is -0.611. The molecule has 0 aliphatic carbocycles. The molecule has 176 valence electrons. The van der Waals surface area contributed by atoms with E-state index in [0.29, 0.717) is 5.56 Å². The molecular weight excluding hydrogens is 487 g/mol. The van der Waals surface area contributed by atoms with Crippen LogP contribution in [0.3, 0.4) is 0 Å². The van der Waals surface area contributed by atoms with Crippen LogP contribution >= 0.6 is 0 Å². The van der Waals surface area contributed by atoms with Crippen LogP contribution in [0.1, 0.15) is 27.9 Å². The van der Waals surface area contributed by atoms with E-state index < -0.39 is 51.1 Å². The van der Waals surface area contributed by atoms with Crippen LogP contribution in [0, 0.1) is 10.1 Å². The second kappa shape index (κ2) is 11.0. The second-order valence-corrected chi connectivity index (χ2v) is 8.41. The Labute approximate surface area is 214 Å². The van der Waals surface area contributed by atoms with Gasteiger partial charge in [0.2, 0.25) is 0 Å². The van der Waals surface area contributed by atoms with Crippen molar-refractivity contribution in [2.45, 2.75) is 24.9 Å². The quantitative estimate of drug-likeness (QED) is 0.163. The van der Waals surface area contributed by atoms with E-state index in [2.05, 4.69) is 0 Å². The standard InChI is InChI=1S/C19H16N2O11S.Na.H/c22-9-13-6-11(4-5-15(13)21(26)27)10-31-14-3-1-2-12(7-14)19(25)32-20-17(23)8-16(18(20)24)33(28,29)30;;/h1-7,16,22H,8-10H2,(H,28,29,30);;. The van der Waals surface area contributed by atoms with Gasteiger partial charge in [0.05, 0.1) is 29.1 Å². The summed E-state index contributed by atoms with van der Waals surface area (Å²) < 4.78 is 36.9. The van der Waals surface area contributed by atoms with Gasteiger partial charge in [-0.3, -0.25) is 24.3 Å². The molecule has 1 atom stereocenters. The third kappa shape index (κ3) is 6.16. The number of imide groups is 1. The normalized spacial score (nSPS) is 15.6. The molecule has 0 saturated carbocycles. The molecule has 0 aromatic heterocycles. The molecule has 1 saturated heterocycles. The molecule has 13 nitrogen and oxygen atoms in total. The summed E-state index contributed by atoms with van der Waals surface area (Å²) >= 11 is 0. The third-order valence-electron chi connectivity index (χ3n) is 4.58. The maximum absolute atomic E-state index is 12.3. The van der Waals surface area contributed by atoms with Gasteiger partial charge in [-0.2, -0.15) is 8.42 Å². The number of benzene rings is 2. The van der Waals surface area contributed by atoms with Gasteiger partial charge >= 0.3 is 35.5 Å². The van der Waals surface area contributed by atoms with Crippen molar-refractivity contribution in [1.29, 1.82) is 0 Å². The first kappa shape index (κ1) is 27.4. The number of carbonyl (C=O) groups excluding carboxylic acids is 3. The first-order chi connectivity index (χ1) is 15.5. The summed E-state index contributed by atoms with van der Waals surface area (Å²) in [7, 11) is -4.85. The Morgan fingerprint density at radius 3 is 2.50 bits per heavy atom. The van der Waals surface area contributed by atoms with Gasteiger partial charge < -0.3 is 14.7 Å². The first-order valence-electron chi connectivity index (χ1n) is 9.16. The molecule has 1 aliphatic heterocycles. The van der Waals surface area contributed by atoms with Crippen molar-refractivity contribution in [3.8, 4) is 5.75 Å². The van der Waals surface area contributed by atoms with Crippen LogP contribution in [-0.4, -0.2) is 80.7 Å². The molecular formula is C19H17N2NaO11S. The Morgan fingerprint density at radius 2 is 1.91 bits per heavy atom. The molecule has 0 radical (unpaired) electrons. The van der Waals surface area contributed by atoms with Gasteiger partial charge in [0.25, 0.3) is 27.6 Å². The van der Waals surface area contributed by atoms with Crippen molar-refractivity contribution in [2.24, 2.45) is 0 Å². The molecule has 0 spiro atoms. The average molecular weight is 504 g/mol. The van der Waals surface area contributed by atoms with Crippen LogP contribution in [0.4, 0.5) is 5.69 Å². The van der Waals surface area contributed by atoms with Crippen LogP contribution in [0.5, 0.6) is 5.75 Å². The SMILES string of the molecule is O=C(ON1C(=O)CC(S(=O)(=O)O)C1=O)c1cccc(OCc2ccc([N+](=O)[O-])c(CO)c2)c1.[NaH]. The third-order valence-corrected chi connectivity index (χ3v) is 5.67. The zero-order valence-electron chi connectivity index (χ0n) is 16.6. The number of nitro groups is 1. The Hall–Kier alpha value is -2.88. The number of rotatable bonds is 8. The van der Waals surface area contributed by atoms with Crippen LogP contribution < -0.4 is 4.74 Å². The molecule has 3 rings (SSSR count). The summed E-state index contributed by atoms with van der Waals surface area (Å²) in [4.78, 5) is 51.1. The van der Waals surface area contributed by atoms with Crippen LogP contribution in [-0.2, 0) is 37.8 Å². The van der Waals surface area contributed by atoms with Gasteiger partial charge in [0.1, 0.15) is 12.4 Å². The number of aliphatic hydroxyl groups excluding tert-OH is 1. The van der Waals surface area contributed by atoms with E-state index in [-0.39, 0.29) is 63.8 Å². The van der Waals surface area contributed by atoms with Crippen molar-refractivity contribution in [3.63, 3.8) is 0 Å². The molecule has 0 bridgehead atoms. The van der Waals surface area contributed by atoms with Crippen molar-refractivity contribution in [1.82, 2.24) is 5.06 Å². The Bertz CT molecular complexity index is 1250. The van der Waals surface area contributed by atoms with Crippen molar-refractivity contribution in [3.05, 3.63) is 69.3 Å². The molecule has 2 aromatic rings. The number of hydrogen-bond donors (Lipinski definition) is 2. The molecule has 1 heterocycles. The fourth-order valence-corrected chi connectivity index (χ4v) is 3.66.